The van der Waals surface area contributed by atoms with E-state index in [0.29, 0.717) is 11.4 Å². The summed E-state index contributed by atoms with van der Waals surface area (Å²) in [6.07, 6.45) is 2.54. The van der Waals surface area contributed by atoms with Crippen molar-refractivity contribution < 1.29 is 4.79 Å². The molecule has 2 N–H and O–H groups in total. The van der Waals surface area contributed by atoms with E-state index >= 15 is 0 Å². The number of rotatable bonds is 1. The summed E-state index contributed by atoms with van der Waals surface area (Å²) < 4.78 is 1.72. The van der Waals surface area contributed by atoms with Gasteiger partial charge in [0.15, 0.2) is 6.29 Å². The topological polar surface area (TPSA) is 60.9 Å². The lowest BCUT2D eigenvalue weighted by molar-refractivity contribution is 0.112. The number of aldehydes is 1. The Labute approximate surface area is 81.3 Å². The van der Waals surface area contributed by atoms with Crippen LogP contribution in [0.4, 0.5) is 5.82 Å². The summed E-state index contributed by atoms with van der Waals surface area (Å²) in [5.41, 5.74) is 8.06. The summed E-state index contributed by atoms with van der Waals surface area (Å²) in [4.78, 5) is 15.1. The number of pyridine rings is 1. The molecule has 0 aromatic carbocycles. The fraction of sp³-hybridized carbons (Fsp3) is 0.200. The molecule has 4 nitrogen and oxygen atoms in total. The van der Waals surface area contributed by atoms with Crippen molar-refractivity contribution in [2.45, 2.75) is 6.92 Å². The maximum atomic E-state index is 10.8. The first-order chi connectivity index (χ1) is 6.65. The molecule has 2 rings (SSSR count). The quantitative estimate of drug-likeness (QED) is 0.687. The van der Waals surface area contributed by atoms with Gasteiger partial charge >= 0.3 is 0 Å². The highest BCUT2D eigenvalue weighted by Gasteiger charge is 2.12. The number of carbonyl (C=O) groups is 1. The van der Waals surface area contributed by atoms with Gasteiger partial charge in [0.2, 0.25) is 0 Å². The molecule has 0 aliphatic carbocycles. The van der Waals surface area contributed by atoms with Crippen LogP contribution in [0.3, 0.4) is 0 Å². The number of nitrogens with zero attached hydrogens (tertiary/aromatic N) is 2. The van der Waals surface area contributed by atoms with Gasteiger partial charge in [0.1, 0.15) is 11.5 Å². The average Bonchev–Trinajstić information content (AvgIpc) is 2.39. The third-order valence-corrected chi connectivity index (χ3v) is 2.37. The van der Waals surface area contributed by atoms with Gasteiger partial charge in [0, 0.05) is 18.6 Å². The van der Waals surface area contributed by atoms with Crippen molar-refractivity contribution in [1.82, 2.24) is 9.55 Å². The van der Waals surface area contributed by atoms with E-state index in [-0.39, 0.29) is 0 Å². The number of anilines is 1. The molecule has 2 aromatic heterocycles. The van der Waals surface area contributed by atoms with E-state index in [2.05, 4.69) is 4.98 Å². The van der Waals surface area contributed by atoms with Gasteiger partial charge in [-0.15, -0.1) is 0 Å². The zero-order valence-electron chi connectivity index (χ0n) is 8.11. The SMILES string of the molecule is Cc1cnc2c(c1)c(C=O)c(N)n2C. The molecule has 0 amide bonds. The molecule has 0 aliphatic rings. The van der Waals surface area contributed by atoms with E-state index in [4.69, 9.17) is 5.73 Å². The minimum atomic E-state index is 0.466. The van der Waals surface area contributed by atoms with Crippen LogP contribution in [0.2, 0.25) is 0 Å². The minimum absolute atomic E-state index is 0.466. The van der Waals surface area contributed by atoms with Crippen LogP contribution in [0.25, 0.3) is 11.0 Å². The fourth-order valence-electron chi connectivity index (χ4n) is 1.58. The van der Waals surface area contributed by atoms with Crippen LogP contribution < -0.4 is 5.73 Å². The molecule has 14 heavy (non-hydrogen) atoms. The second-order valence-electron chi connectivity index (χ2n) is 3.36. The van der Waals surface area contributed by atoms with Crippen molar-refractivity contribution in [2.24, 2.45) is 7.05 Å². The summed E-state index contributed by atoms with van der Waals surface area (Å²) in [5.74, 6) is 0.466. The molecule has 0 saturated heterocycles. The molecule has 0 aliphatic heterocycles. The number of carbonyl (C=O) groups excluding carboxylic acids is 1. The third kappa shape index (κ3) is 1.00. The number of fused-ring (bicyclic) bond motifs is 1. The van der Waals surface area contributed by atoms with Crippen LogP contribution >= 0.6 is 0 Å². The molecule has 2 heterocycles. The lowest BCUT2D eigenvalue weighted by atomic mass is 10.2. The van der Waals surface area contributed by atoms with Crippen molar-refractivity contribution in [3.8, 4) is 0 Å². The van der Waals surface area contributed by atoms with Gasteiger partial charge in [-0.1, -0.05) is 0 Å². The van der Waals surface area contributed by atoms with Gasteiger partial charge in [-0.25, -0.2) is 4.98 Å². The Kier molecular flexibility index (Phi) is 1.77. The predicted octanol–water partition coefficient (Wildman–Crippen LogP) is 1.28. The van der Waals surface area contributed by atoms with Crippen LogP contribution in [0.1, 0.15) is 15.9 Å². The van der Waals surface area contributed by atoms with Crippen LogP contribution in [-0.4, -0.2) is 15.8 Å². The van der Waals surface area contributed by atoms with E-state index in [9.17, 15) is 4.79 Å². The maximum absolute atomic E-state index is 10.8. The lowest BCUT2D eigenvalue weighted by Crippen LogP contribution is -1.98. The highest BCUT2D eigenvalue weighted by molar-refractivity contribution is 6.02. The number of aromatic nitrogens is 2. The van der Waals surface area contributed by atoms with Gasteiger partial charge in [-0.2, -0.15) is 0 Å². The second kappa shape index (κ2) is 2.83. The number of hydrogen-bond donors (Lipinski definition) is 1. The molecule has 0 unspecified atom stereocenters. The third-order valence-electron chi connectivity index (χ3n) is 2.37. The molecule has 0 fully saturated rings. The van der Waals surface area contributed by atoms with Crippen molar-refractivity contribution in [2.75, 3.05) is 5.73 Å². The summed E-state index contributed by atoms with van der Waals surface area (Å²) in [5, 5.41) is 0.819. The summed E-state index contributed by atoms with van der Waals surface area (Å²) in [6, 6.07) is 1.92. The van der Waals surface area contributed by atoms with Crippen LogP contribution in [-0.2, 0) is 7.05 Å². The monoisotopic (exact) mass is 189 g/mol. The fourth-order valence-corrected chi connectivity index (χ4v) is 1.58. The van der Waals surface area contributed by atoms with E-state index in [1.165, 1.54) is 0 Å². The first-order valence-corrected chi connectivity index (χ1v) is 4.31. The Hall–Kier alpha value is -1.84. The minimum Gasteiger partial charge on any atom is -0.384 e. The van der Waals surface area contributed by atoms with Crippen LogP contribution in [0, 0.1) is 6.92 Å². The highest BCUT2D eigenvalue weighted by atomic mass is 16.1. The normalized spacial score (nSPS) is 10.7. The van der Waals surface area contributed by atoms with Crippen LogP contribution in [0.5, 0.6) is 0 Å². The van der Waals surface area contributed by atoms with Crippen molar-refractivity contribution >= 4 is 23.1 Å². The molecular weight excluding hydrogens is 178 g/mol. The van der Waals surface area contributed by atoms with Gasteiger partial charge in [0.25, 0.3) is 0 Å². The molecule has 0 atom stereocenters. The average molecular weight is 189 g/mol. The molecule has 0 spiro atoms. The Balaban J connectivity index is 2.96. The molecule has 0 saturated carbocycles. The maximum Gasteiger partial charge on any atom is 0.154 e. The van der Waals surface area contributed by atoms with Gasteiger partial charge in [-0.3, -0.25) is 4.79 Å². The van der Waals surface area contributed by atoms with E-state index in [1.54, 1.807) is 17.8 Å². The number of aryl methyl sites for hydroxylation is 2. The van der Waals surface area contributed by atoms with Crippen molar-refractivity contribution in [3.05, 3.63) is 23.4 Å². The second-order valence-corrected chi connectivity index (χ2v) is 3.36. The largest absolute Gasteiger partial charge is 0.384 e. The van der Waals surface area contributed by atoms with Gasteiger partial charge in [0.05, 0.1) is 5.56 Å². The first-order valence-electron chi connectivity index (χ1n) is 4.31. The highest BCUT2D eigenvalue weighted by Crippen LogP contribution is 2.24. The Morgan fingerprint density at radius 3 is 2.93 bits per heavy atom. The molecule has 0 bridgehead atoms. The van der Waals surface area contributed by atoms with E-state index < -0.39 is 0 Å². The predicted molar refractivity (Wildman–Crippen MR) is 55.3 cm³/mol. The molecule has 2 aromatic rings. The van der Waals surface area contributed by atoms with Gasteiger partial charge < -0.3 is 10.3 Å². The van der Waals surface area contributed by atoms with E-state index in [0.717, 1.165) is 22.9 Å². The Morgan fingerprint density at radius 2 is 2.29 bits per heavy atom. The summed E-state index contributed by atoms with van der Waals surface area (Å²) in [7, 11) is 1.80. The number of hydrogen-bond acceptors (Lipinski definition) is 3. The Morgan fingerprint density at radius 1 is 1.57 bits per heavy atom. The molecule has 72 valence electrons. The number of nitrogens with two attached hydrogens (primary N) is 1. The number of nitrogen functional groups attached to an aromatic ring is 1. The molecule has 0 radical (unpaired) electrons. The van der Waals surface area contributed by atoms with Crippen molar-refractivity contribution in [3.63, 3.8) is 0 Å². The summed E-state index contributed by atoms with van der Waals surface area (Å²) >= 11 is 0. The smallest absolute Gasteiger partial charge is 0.154 e. The summed E-state index contributed by atoms with van der Waals surface area (Å²) in [6.45, 7) is 1.93. The standard InChI is InChI=1S/C10H11N3O/c1-6-3-7-8(5-14)9(11)13(2)10(7)12-4-6/h3-5H,11H2,1-2H3. The Bertz CT molecular complexity index is 514. The van der Waals surface area contributed by atoms with Crippen molar-refractivity contribution in [1.29, 1.82) is 0 Å². The molecule has 4 heteroatoms. The molecular formula is C10H11N3O. The zero-order valence-corrected chi connectivity index (χ0v) is 8.11. The van der Waals surface area contributed by atoms with Crippen LogP contribution in [0.15, 0.2) is 12.3 Å². The zero-order chi connectivity index (χ0) is 10.3. The van der Waals surface area contributed by atoms with Gasteiger partial charge in [-0.05, 0) is 18.6 Å². The lowest BCUT2D eigenvalue weighted by Gasteiger charge is -1.96. The first kappa shape index (κ1) is 8.74. The van der Waals surface area contributed by atoms with E-state index in [1.807, 2.05) is 13.0 Å².